The summed E-state index contributed by atoms with van der Waals surface area (Å²) in [7, 11) is 0. The third-order valence-corrected chi connectivity index (χ3v) is 0. The van der Waals surface area contributed by atoms with E-state index in [1.807, 2.05) is 0 Å². The van der Waals surface area contributed by atoms with Crippen molar-refractivity contribution in [1.29, 1.82) is 0 Å². The molecule has 1 radical (unpaired) electrons. The zero-order chi connectivity index (χ0) is 0. The van der Waals surface area contributed by atoms with E-state index >= 15 is 0 Å². The molecule has 0 aromatic carbocycles. The van der Waals surface area contributed by atoms with Gasteiger partial charge in [-0.2, -0.15) is 40.5 Å². The minimum absolute atomic E-state index is 0. The minimum Gasteiger partial charge on any atom is -0.197 e. The summed E-state index contributed by atoms with van der Waals surface area (Å²) in [5, 5.41) is 0. The summed E-state index contributed by atoms with van der Waals surface area (Å²) in [5.41, 5.74) is 0. The predicted molar refractivity (Wildman–Crippen MR) is 31.1 cm³/mol. The van der Waals surface area contributed by atoms with Gasteiger partial charge in [0.15, 0.2) is 0 Å². The smallest absolute Gasteiger partial charge is 0 e. The van der Waals surface area contributed by atoms with Crippen LogP contribution >= 0.6 is 40.5 Å². The molecule has 0 aromatic rings. The average molecular weight is 262 g/mol. The molecule has 0 atom stereocenters. The van der Waals surface area contributed by atoms with Gasteiger partial charge in [-0.25, -0.2) is 0 Å². The quantitative estimate of drug-likeness (QED) is 0.552. The topological polar surface area (TPSA) is 0 Å². The molecule has 0 aliphatic carbocycles. The van der Waals surface area contributed by atoms with Gasteiger partial charge in [-0.3, -0.25) is 0 Å². The van der Waals surface area contributed by atoms with E-state index in [0.29, 0.717) is 0 Å². The number of hydrogen-bond donors (Lipinski definition) is 0. The van der Waals surface area contributed by atoms with Gasteiger partial charge in [0.2, 0.25) is 0 Å². The molecule has 0 saturated heterocycles. The van der Waals surface area contributed by atoms with Gasteiger partial charge < -0.3 is 0 Å². The van der Waals surface area contributed by atoms with E-state index in [9.17, 15) is 0 Å². The summed E-state index contributed by atoms with van der Waals surface area (Å²) >= 11 is 0. The van der Waals surface area contributed by atoms with Crippen LogP contribution in [0.5, 0.6) is 0 Å². The standard InChI is InChI=1S/Cu.Mo.3H2S/h;;3*1H2. The predicted octanol–water partition coefficient (Wildman–Crippen LogP) is 0.333. The van der Waals surface area contributed by atoms with Crippen molar-refractivity contribution in [2.45, 2.75) is 0 Å². The van der Waals surface area contributed by atoms with Gasteiger partial charge in [-0.05, 0) is 0 Å². The molecule has 0 rings (SSSR count). The minimum atomic E-state index is 0. The molecule has 0 nitrogen and oxygen atoms in total. The Morgan fingerprint density at radius 1 is 0.600 bits per heavy atom. The fraction of sp³-hybridized carbons (Fsp3) is 0. The molecule has 5 heteroatoms. The third kappa shape index (κ3) is 22.3. The van der Waals surface area contributed by atoms with Gasteiger partial charge >= 0.3 is 0 Å². The zero-order valence-corrected chi connectivity index (χ0v) is 8.16. The van der Waals surface area contributed by atoms with Crippen molar-refractivity contribution in [3.8, 4) is 0 Å². The van der Waals surface area contributed by atoms with Crippen molar-refractivity contribution < 1.29 is 38.1 Å². The molecule has 0 N–H and O–H groups in total. The van der Waals surface area contributed by atoms with Crippen molar-refractivity contribution in [2.75, 3.05) is 0 Å². The third-order valence-electron chi connectivity index (χ3n) is 0. The van der Waals surface area contributed by atoms with Crippen molar-refractivity contribution in [1.82, 2.24) is 0 Å². The first kappa shape index (κ1) is 55.8. The Kier molecular flexibility index (Phi) is 378. The van der Waals surface area contributed by atoms with Crippen LogP contribution in [0.3, 0.4) is 0 Å². The number of hydrogen-bond acceptors (Lipinski definition) is 0. The Morgan fingerprint density at radius 2 is 0.600 bits per heavy atom. The maximum Gasteiger partial charge on any atom is 0 e. The first-order valence-electron chi connectivity index (χ1n) is 0. The molecule has 0 heterocycles. The van der Waals surface area contributed by atoms with Crippen LogP contribution < -0.4 is 0 Å². The first-order chi connectivity index (χ1) is 0. The van der Waals surface area contributed by atoms with E-state index in [4.69, 9.17) is 0 Å². The largest absolute Gasteiger partial charge is 0.197 e. The van der Waals surface area contributed by atoms with Crippen LogP contribution in [0.4, 0.5) is 0 Å². The van der Waals surface area contributed by atoms with Crippen LogP contribution in [0.2, 0.25) is 0 Å². The average Bonchev–Trinajstić information content (AvgIpc) is 0. The van der Waals surface area contributed by atoms with Crippen molar-refractivity contribution in [3.63, 3.8) is 0 Å². The Bertz CT molecular complexity index is 6.85. The van der Waals surface area contributed by atoms with E-state index in [1.165, 1.54) is 0 Å². The van der Waals surface area contributed by atoms with Crippen LogP contribution in [0.15, 0.2) is 0 Å². The molecule has 0 aromatic heterocycles. The molecule has 41 valence electrons. The summed E-state index contributed by atoms with van der Waals surface area (Å²) in [6.07, 6.45) is 0. The van der Waals surface area contributed by atoms with Crippen LogP contribution in [0, 0.1) is 0 Å². The maximum atomic E-state index is 0. The van der Waals surface area contributed by atoms with E-state index < -0.39 is 0 Å². The molecule has 0 bridgehead atoms. The van der Waals surface area contributed by atoms with Crippen LogP contribution in [0.1, 0.15) is 0 Å². The normalized spacial score (nSPS) is 0. The Hall–Kier alpha value is 2.26. The molecule has 0 fully saturated rings. The molecule has 0 amide bonds. The Balaban J connectivity index is 0. The van der Waals surface area contributed by atoms with E-state index in [2.05, 4.69) is 0 Å². The molecular weight excluding hydrogens is 256 g/mol. The Labute approximate surface area is 77.9 Å². The SMILES string of the molecule is S.S.S.[Cu].[Mo]. The molecule has 0 unspecified atom stereocenters. The van der Waals surface area contributed by atoms with Gasteiger partial charge in [0.05, 0.1) is 0 Å². The maximum absolute atomic E-state index is 0. The molecular formula is H6CuMoS3. The van der Waals surface area contributed by atoms with Gasteiger partial charge in [0.25, 0.3) is 0 Å². The second-order valence-corrected chi connectivity index (χ2v) is 0. The summed E-state index contributed by atoms with van der Waals surface area (Å²) in [6, 6.07) is 0. The van der Waals surface area contributed by atoms with Crippen molar-refractivity contribution in [3.05, 3.63) is 0 Å². The first-order valence-corrected chi connectivity index (χ1v) is 0. The van der Waals surface area contributed by atoms with E-state index in [-0.39, 0.29) is 78.6 Å². The molecule has 5 heavy (non-hydrogen) atoms. The van der Waals surface area contributed by atoms with E-state index in [1.54, 1.807) is 0 Å². The van der Waals surface area contributed by atoms with Gasteiger partial charge in [0, 0.05) is 38.1 Å². The summed E-state index contributed by atoms with van der Waals surface area (Å²) in [4.78, 5) is 0. The van der Waals surface area contributed by atoms with Crippen LogP contribution in [-0.4, -0.2) is 0 Å². The fourth-order valence-electron chi connectivity index (χ4n) is 0. The fourth-order valence-corrected chi connectivity index (χ4v) is 0. The van der Waals surface area contributed by atoms with Gasteiger partial charge in [0.1, 0.15) is 0 Å². The molecule has 0 aliphatic heterocycles. The molecule has 0 saturated carbocycles. The molecule has 0 aliphatic rings. The molecule has 0 spiro atoms. The second kappa shape index (κ2) is 33.9. The summed E-state index contributed by atoms with van der Waals surface area (Å²) in [6.45, 7) is 0. The van der Waals surface area contributed by atoms with E-state index in [0.717, 1.165) is 0 Å². The Morgan fingerprint density at radius 3 is 0.600 bits per heavy atom. The second-order valence-electron chi connectivity index (χ2n) is 0. The van der Waals surface area contributed by atoms with Crippen molar-refractivity contribution >= 4 is 40.5 Å². The van der Waals surface area contributed by atoms with Gasteiger partial charge in [-0.1, -0.05) is 0 Å². The van der Waals surface area contributed by atoms with Gasteiger partial charge in [-0.15, -0.1) is 0 Å². The zero-order valence-electron chi connectivity index (χ0n) is 2.21. The monoisotopic (exact) mass is 263 g/mol. The van der Waals surface area contributed by atoms with Crippen LogP contribution in [-0.2, 0) is 38.1 Å². The summed E-state index contributed by atoms with van der Waals surface area (Å²) < 4.78 is 0. The van der Waals surface area contributed by atoms with Crippen LogP contribution in [0.25, 0.3) is 0 Å². The number of rotatable bonds is 0. The van der Waals surface area contributed by atoms with Crippen molar-refractivity contribution in [2.24, 2.45) is 0 Å². The summed E-state index contributed by atoms with van der Waals surface area (Å²) in [5.74, 6) is 0.